The van der Waals surface area contributed by atoms with Crippen molar-refractivity contribution in [3.63, 3.8) is 0 Å². The van der Waals surface area contributed by atoms with Crippen LogP contribution in [0.25, 0.3) is 0 Å². The van der Waals surface area contributed by atoms with Crippen molar-refractivity contribution in [1.29, 1.82) is 0 Å². The van der Waals surface area contributed by atoms with E-state index in [4.69, 9.17) is 24.3 Å². The summed E-state index contributed by atoms with van der Waals surface area (Å²) >= 11 is 0. The Balaban J connectivity index is 2.59. The molecule has 18 heavy (non-hydrogen) atoms. The van der Waals surface area contributed by atoms with Gasteiger partial charge in [-0.05, 0) is 0 Å². The Bertz CT molecular complexity index is 373. The summed E-state index contributed by atoms with van der Waals surface area (Å²) in [5.74, 6) is 0. The molecule has 4 atom stereocenters. The van der Waals surface area contributed by atoms with Gasteiger partial charge in [-0.25, -0.2) is 4.57 Å². The lowest BCUT2D eigenvalue weighted by Crippen LogP contribution is -2.35. The molecule has 1 aliphatic heterocycles. The van der Waals surface area contributed by atoms with E-state index < -0.39 is 52.6 Å². The Morgan fingerprint density at radius 2 is 1.50 bits per heavy atom. The second-order valence-electron chi connectivity index (χ2n) is 3.83. The molecule has 1 rings (SSSR count). The van der Waals surface area contributed by atoms with Gasteiger partial charge < -0.3 is 34.5 Å². The highest BCUT2D eigenvalue weighted by molar-refractivity contribution is 7.51. The van der Waals surface area contributed by atoms with E-state index in [2.05, 4.69) is 4.52 Å². The normalized spacial score (nSPS) is 33.9. The largest absolute Gasteiger partial charge is 0.469 e. The number of phosphoric ester groups is 1. The Morgan fingerprint density at radius 1 is 1.00 bits per heavy atom. The highest BCUT2D eigenvalue weighted by Crippen LogP contribution is 2.40. The molecule has 0 bridgehead atoms. The molecule has 0 radical (unpaired) electrons. The van der Waals surface area contributed by atoms with E-state index in [1.165, 1.54) is 0 Å². The summed E-state index contributed by atoms with van der Waals surface area (Å²) in [6.45, 7) is -0.708. The number of hydrogen-bond acceptors (Lipinski definition) is 6. The molecule has 1 heterocycles. The van der Waals surface area contributed by atoms with Gasteiger partial charge >= 0.3 is 15.4 Å². The maximum absolute atomic E-state index is 10.7. The molecule has 0 saturated carbocycles. The molecule has 0 aromatic carbocycles. The highest BCUT2D eigenvalue weighted by atomic mass is 31.2. The number of ether oxygens (including phenoxy) is 1. The third kappa shape index (κ3) is 5.02. The molecule has 0 spiro atoms. The van der Waals surface area contributed by atoms with Crippen molar-refractivity contribution in [3.8, 4) is 0 Å². The Kier molecular flexibility index (Phi) is 5.07. The van der Waals surface area contributed by atoms with Gasteiger partial charge in [0.15, 0.2) is 0 Å². The third-order valence-corrected chi connectivity index (χ3v) is 3.61. The van der Waals surface area contributed by atoms with Gasteiger partial charge in [0.1, 0.15) is 18.3 Å². The maximum Gasteiger partial charge on any atom is 0.469 e. The van der Waals surface area contributed by atoms with Crippen LogP contribution < -0.4 is 0 Å². The minimum Gasteiger partial charge on any atom is -0.388 e. The average Bonchev–Trinajstić information content (AvgIpc) is 2.40. The molecule has 1 saturated heterocycles. The first-order chi connectivity index (χ1) is 7.99. The molecule has 6 N–H and O–H groups in total. The molecular formula is C6H14O10P2. The topological polar surface area (TPSA) is 174 Å². The average molecular weight is 308 g/mol. The van der Waals surface area contributed by atoms with Crippen LogP contribution in [-0.4, -0.2) is 67.0 Å². The zero-order valence-corrected chi connectivity index (χ0v) is 10.7. The molecule has 0 aromatic rings. The number of rotatable bonds is 5. The third-order valence-electron chi connectivity index (χ3n) is 2.29. The second kappa shape index (κ2) is 5.64. The molecule has 0 unspecified atom stereocenters. The lowest BCUT2D eigenvalue weighted by Gasteiger charge is -2.15. The molecule has 0 aliphatic carbocycles. The van der Waals surface area contributed by atoms with Crippen molar-refractivity contribution >= 4 is 15.4 Å². The van der Waals surface area contributed by atoms with E-state index in [1.807, 2.05) is 0 Å². The zero-order chi connectivity index (χ0) is 14.1. The fourth-order valence-electron chi connectivity index (χ4n) is 1.52. The standard InChI is InChI=1S/C6H14O10P2/c7-5-3(1-15-18(12,13)14)16-4(6(5)8)2-17(9,10)11/h3-8H,1-2H2,(H2,9,10,11)(H2,12,13,14)/t3-,4-,5-,6-/m0/s1. The van der Waals surface area contributed by atoms with E-state index in [-0.39, 0.29) is 0 Å². The van der Waals surface area contributed by atoms with Crippen LogP contribution in [0, 0.1) is 0 Å². The van der Waals surface area contributed by atoms with Gasteiger partial charge in [0.2, 0.25) is 0 Å². The van der Waals surface area contributed by atoms with Crippen LogP contribution in [0.5, 0.6) is 0 Å². The molecule has 1 aliphatic rings. The number of aliphatic hydroxyl groups is 2. The summed E-state index contributed by atoms with van der Waals surface area (Å²) < 4.78 is 30.1. The van der Waals surface area contributed by atoms with Crippen LogP contribution in [0.2, 0.25) is 0 Å². The van der Waals surface area contributed by atoms with E-state index in [9.17, 15) is 19.3 Å². The van der Waals surface area contributed by atoms with Crippen LogP contribution in [0.15, 0.2) is 0 Å². The van der Waals surface area contributed by atoms with Crippen molar-refractivity contribution in [2.45, 2.75) is 24.4 Å². The summed E-state index contributed by atoms with van der Waals surface area (Å²) in [7, 11) is -9.20. The molecular weight excluding hydrogens is 294 g/mol. The maximum atomic E-state index is 10.7. The van der Waals surface area contributed by atoms with Crippen molar-refractivity contribution in [3.05, 3.63) is 0 Å². The van der Waals surface area contributed by atoms with Crippen molar-refractivity contribution < 1.29 is 48.2 Å². The van der Waals surface area contributed by atoms with Crippen LogP contribution in [-0.2, 0) is 18.4 Å². The van der Waals surface area contributed by atoms with Crippen LogP contribution in [0.3, 0.4) is 0 Å². The zero-order valence-electron chi connectivity index (χ0n) is 8.93. The Labute approximate surface area is 102 Å². The molecule has 0 amide bonds. The molecule has 10 nitrogen and oxygen atoms in total. The first-order valence-corrected chi connectivity index (χ1v) is 8.08. The summed E-state index contributed by atoms with van der Waals surface area (Å²) in [6, 6.07) is 0. The van der Waals surface area contributed by atoms with Crippen LogP contribution >= 0.6 is 15.4 Å². The molecule has 1 fully saturated rings. The molecule has 108 valence electrons. The number of phosphoric acid groups is 1. The molecule has 0 aromatic heterocycles. The minimum absolute atomic E-state index is 0.708. The number of aliphatic hydroxyl groups excluding tert-OH is 2. The van der Waals surface area contributed by atoms with Crippen molar-refractivity contribution in [2.24, 2.45) is 0 Å². The predicted molar refractivity (Wildman–Crippen MR) is 55.6 cm³/mol. The van der Waals surface area contributed by atoms with Gasteiger partial charge in [-0.15, -0.1) is 0 Å². The van der Waals surface area contributed by atoms with Gasteiger partial charge in [0.05, 0.1) is 18.9 Å². The lowest BCUT2D eigenvalue weighted by atomic mass is 10.1. The summed E-state index contributed by atoms with van der Waals surface area (Å²) in [4.78, 5) is 34.3. The van der Waals surface area contributed by atoms with E-state index in [0.29, 0.717) is 0 Å². The predicted octanol–water partition coefficient (Wildman–Crippen LogP) is -2.24. The fraction of sp³-hybridized carbons (Fsp3) is 1.00. The Hall–Kier alpha value is 0.140. The smallest absolute Gasteiger partial charge is 0.388 e. The van der Waals surface area contributed by atoms with Gasteiger partial charge in [-0.2, -0.15) is 0 Å². The minimum atomic E-state index is -4.75. The van der Waals surface area contributed by atoms with Gasteiger partial charge in [-0.3, -0.25) is 9.09 Å². The first kappa shape index (κ1) is 16.2. The quantitative estimate of drug-likeness (QED) is 0.305. The fourth-order valence-corrected chi connectivity index (χ4v) is 2.63. The summed E-state index contributed by atoms with van der Waals surface area (Å²) in [6.07, 6.45) is -6.52. The van der Waals surface area contributed by atoms with Crippen molar-refractivity contribution in [1.82, 2.24) is 0 Å². The monoisotopic (exact) mass is 308 g/mol. The summed E-state index contributed by atoms with van der Waals surface area (Å²) in [5, 5.41) is 18.9. The lowest BCUT2D eigenvalue weighted by molar-refractivity contribution is -0.0170. The van der Waals surface area contributed by atoms with E-state index in [1.54, 1.807) is 0 Å². The number of hydrogen-bond donors (Lipinski definition) is 6. The second-order valence-corrected chi connectivity index (χ2v) is 6.76. The summed E-state index contributed by atoms with van der Waals surface area (Å²) in [5.41, 5.74) is 0. The van der Waals surface area contributed by atoms with Crippen LogP contribution in [0.1, 0.15) is 0 Å². The SMILES string of the molecule is O=P(O)(O)C[C@@H]1O[C@@H](COP(=O)(O)O)[C@H](O)[C@H]1O. The Morgan fingerprint density at radius 3 is 1.94 bits per heavy atom. The van der Waals surface area contributed by atoms with E-state index >= 15 is 0 Å². The van der Waals surface area contributed by atoms with Gasteiger partial charge in [0.25, 0.3) is 0 Å². The first-order valence-electron chi connectivity index (χ1n) is 4.76. The van der Waals surface area contributed by atoms with Gasteiger partial charge in [0, 0.05) is 0 Å². The van der Waals surface area contributed by atoms with Crippen LogP contribution in [0.4, 0.5) is 0 Å². The highest BCUT2D eigenvalue weighted by Gasteiger charge is 2.45. The van der Waals surface area contributed by atoms with Gasteiger partial charge in [-0.1, -0.05) is 0 Å². The molecule has 12 heteroatoms. The van der Waals surface area contributed by atoms with Crippen molar-refractivity contribution in [2.75, 3.05) is 12.8 Å². The van der Waals surface area contributed by atoms with E-state index in [0.717, 1.165) is 0 Å².